The molecule has 2 aliphatic rings. The average Bonchev–Trinajstić information content (AvgIpc) is 4.06. The zero-order valence-corrected chi connectivity index (χ0v) is 46.0. The quantitative estimate of drug-likeness (QED) is 0.0503. The summed E-state index contributed by atoms with van der Waals surface area (Å²) in [4.78, 5) is 81.3. The van der Waals surface area contributed by atoms with Gasteiger partial charge in [-0.3, -0.25) is 24.2 Å². The van der Waals surface area contributed by atoms with E-state index in [-0.39, 0.29) is 58.4 Å². The number of fused-ring (bicyclic) bond motifs is 2. The maximum atomic E-state index is 13.6. The third kappa shape index (κ3) is 16.6. The van der Waals surface area contributed by atoms with Crippen LogP contribution in [0, 0.1) is 25.7 Å². The number of aryl methyl sites for hydroxylation is 2. The molecule has 81 heavy (non-hydrogen) atoms. The standard InChI is InChI=1S/C31H43N3O8.C28H22F3N7O/c1-8-12-33-26-21-13-17(2)14-25(41-7)27(36)19(4)15-20(5)29(42-31(32)39)24(40-6)11-9-10-18(3)30(38)34-22(28(21)37)16-23(26)35;1-17-5-6-19(10-25(17)37-27-33-9-7-24(36-27)20-4-3-8-32-14-20)26(39)35-22-11-21(28(29,30)31)12-23(13-22)38-15-18(2)34-16-38/h8-11,15-17,19,24-25,27,29,33,36H,1,12-14H2,2-7H3,(H2,32,39)(H,34,38);3-16H,1-2H3,(H,35,39)(H,33,36,37)/b11-9-,18-10+,20-15+;/t17-,19+,24+,25+,27-,29+;/m1./s1. The Morgan fingerprint density at radius 2 is 1.77 bits per heavy atom. The predicted molar refractivity (Wildman–Crippen MR) is 299 cm³/mol. The molecule has 3 aromatic heterocycles. The molecular formula is C59H65F3N10O9. The Morgan fingerprint density at radius 3 is 2.42 bits per heavy atom. The number of hydrogen-bond donors (Lipinski definition) is 6. The number of ketones is 2. The molecule has 19 nitrogen and oxygen atoms in total. The van der Waals surface area contributed by atoms with Crippen molar-refractivity contribution < 1.29 is 56.5 Å². The number of nitrogens with zero attached hydrogens (tertiary/aromatic N) is 5. The third-order valence-electron chi connectivity index (χ3n) is 13.1. The average molecular weight is 1120 g/mol. The number of anilines is 3. The largest absolute Gasteiger partial charge is 0.439 e. The summed E-state index contributed by atoms with van der Waals surface area (Å²) in [5.74, 6) is -2.40. The van der Waals surface area contributed by atoms with Crippen molar-refractivity contribution in [3.8, 4) is 16.9 Å². The molecule has 7 rings (SSSR count). The van der Waals surface area contributed by atoms with E-state index in [4.69, 9.17) is 19.9 Å². The van der Waals surface area contributed by atoms with Crippen molar-refractivity contribution in [1.82, 2.24) is 35.1 Å². The normalized spacial score (nSPS) is 21.8. The van der Waals surface area contributed by atoms with E-state index >= 15 is 0 Å². The van der Waals surface area contributed by atoms with Crippen molar-refractivity contribution in [3.63, 3.8) is 0 Å². The van der Waals surface area contributed by atoms with Gasteiger partial charge in [-0.2, -0.15) is 13.2 Å². The lowest BCUT2D eigenvalue weighted by Gasteiger charge is -2.30. The summed E-state index contributed by atoms with van der Waals surface area (Å²) in [6.45, 7) is 14.5. The van der Waals surface area contributed by atoms with Crippen LogP contribution < -0.4 is 27.0 Å². The number of rotatable bonds is 12. The van der Waals surface area contributed by atoms with Gasteiger partial charge >= 0.3 is 12.3 Å². The highest BCUT2D eigenvalue weighted by atomic mass is 19.4. The number of ether oxygens (including phenoxy) is 3. The number of primary amides is 1. The van der Waals surface area contributed by atoms with Gasteiger partial charge in [0.05, 0.1) is 46.9 Å². The van der Waals surface area contributed by atoms with E-state index in [2.05, 4.69) is 47.8 Å². The van der Waals surface area contributed by atoms with Crippen LogP contribution in [0.1, 0.15) is 67.7 Å². The van der Waals surface area contributed by atoms with Crippen LogP contribution in [0.3, 0.4) is 0 Å². The number of benzene rings is 2. The summed E-state index contributed by atoms with van der Waals surface area (Å²) in [7, 11) is 2.92. The van der Waals surface area contributed by atoms with Crippen LogP contribution in [0.25, 0.3) is 16.9 Å². The lowest BCUT2D eigenvalue weighted by molar-refractivity contribution is -0.137. The molecule has 0 saturated heterocycles. The molecule has 2 bridgehead atoms. The number of nitrogens with one attached hydrogen (secondary N) is 4. The van der Waals surface area contributed by atoms with Crippen molar-refractivity contribution in [1.29, 1.82) is 0 Å². The first-order valence-corrected chi connectivity index (χ1v) is 25.6. The fourth-order valence-electron chi connectivity index (χ4n) is 8.83. The van der Waals surface area contributed by atoms with Gasteiger partial charge in [0.2, 0.25) is 17.5 Å². The number of nitrogens with two attached hydrogens (primary N) is 1. The van der Waals surface area contributed by atoms with Gasteiger partial charge in [0, 0.05) is 96.9 Å². The zero-order valence-electron chi connectivity index (χ0n) is 46.0. The molecule has 3 amide bonds. The zero-order chi connectivity index (χ0) is 59.1. The van der Waals surface area contributed by atoms with Crippen molar-refractivity contribution >= 4 is 46.8 Å². The molecule has 0 spiro atoms. The van der Waals surface area contributed by atoms with Gasteiger partial charge in [-0.15, -0.1) is 6.58 Å². The fourth-order valence-corrected chi connectivity index (χ4v) is 8.83. The Kier molecular flexibility index (Phi) is 21.1. The summed E-state index contributed by atoms with van der Waals surface area (Å²) in [5.41, 5.74) is 9.51. The van der Waals surface area contributed by atoms with Gasteiger partial charge in [-0.25, -0.2) is 19.7 Å². The lowest BCUT2D eigenvalue weighted by atomic mass is 9.85. The number of Topliss-reactive ketones (excluding diaryl/α,β-unsaturated/α-hetero) is 1. The number of alkyl halides is 3. The third-order valence-corrected chi connectivity index (χ3v) is 13.1. The Bertz CT molecular complexity index is 3300. The first kappa shape index (κ1) is 61.4. The number of hydrogen-bond acceptors (Lipinski definition) is 15. The number of amides is 3. The Balaban J connectivity index is 0.000000261. The van der Waals surface area contributed by atoms with Gasteiger partial charge in [-0.05, 0) is 106 Å². The number of aliphatic hydroxyl groups is 1. The number of halogens is 3. The highest BCUT2D eigenvalue weighted by Crippen LogP contribution is 2.34. The highest BCUT2D eigenvalue weighted by molar-refractivity contribution is 6.23. The van der Waals surface area contributed by atoms with E-state index in [1.54, 1.807) is 107 Å². The molecule has 0 saturated carbocycles. The van der Waals surface area contributed by atoms with Crippen molar-refractivity contribution in [2.24, 2.45) is 17.6 Å². The highest BCUT2D eigenvalue weighted by Gasteiger charge is 2.34. The van der Waals surface area contributed by atoms with Crippen molar-refractivity contribution in [3.05, 3.63) is 179 Å². The molecule has 426 valence electrons. The Morgan fingerprint density at radius 1 is 1.00 bits per heavy atom. The van der Waals surface area contributed by atoms with Crippen LogP contribution in [-0.2, 0) is 34.8 Å². The molecule has 22 heteroatoms. The number of pyridine rings is 1. The number of imidazole rings is 1. The van der Waals surface area contributed by atoms with Crippen LogP contribution in [0.4, 0.5) is 35.3 Å². The molecular weight excluding hydrogens is 1050 g/mol. The van der Waals surface area contributed by atoms with Crippen molar-refractivity contribution in [2.45, 2.75) is 85.0 Å². The summed E-state index contributed by atoms with van der Waals surface area (Å²) >= 11 is 0. The molecule has 6 atom stereocenters. The molecule has 5 aromatic rings. The second-order valence-electron chi connectivity index (χ2n) is 19.4. The van der Waals surface area contributed by atoms with E-state index in [0.717, 1.165) is 29.3 Å². The van der Waals surface area contributed by atoms with E-state index < -0.39 is 71.5 Å². The number of allylic oxidation sites excluding steroid dienone is 4. The van der Waals surface area contributed by atoms with Gasteiger partial charge in [0.25, 0.3) is 11.8 Å². The minimum atomic E-state index is -4.60. The van der Waals surface area contributed by atoms with E-state index in [0.29, 0.717) is 35.0 Å². The number of aromatic nitrogens is 5. The fraction of sp³-hybridized carbons (Fsp3) is 0.305. The molecule has 1 aliphatic carbocycles. The minimum absolute atomic E-state index is 0.00114. The van der Waals surface area contributed by atoms with Crippen molar-refractivity contribution in [2.75, 3.05) is 31.4 Å². The second-order valence-corrected chi connectivity index (χ2v) is 19.4. The lowest BCUT2D eigenvalue weighted by Crippen LogP contribution is -2.37. The molecule has 4 heterocycles. The van der Waals surface area contributed by atoms with E-state index in [1.165, 1.54) is 37.3 Å². The maximum absolute atomic E-state index is 13.6. The van der Waals surface area contributed by atoms with Crippen LogP contribution in [0.5, 0.6) is 0 Å². The maximum Gasteiger partial charge on any atom is 0.416 e. The monoisotopic (exact) mass is 1110 g/mol. The van der Waals surface area contributed by atoms with Gasteiger partial charge in [0.15, 0.2) is 6.10 Å². The molecule has 0 unspecified atom stereocenters. The molecule has 1 aliphatic heterocycles. The minimum Gasteiger partial charge on any atom is -0.439 e. The number of carbonyl (C=O) groups excluding carboxylic acids is 5. The van der Waals surface area contributed by atoms with E-state index in [9.17, 15) is 42.3 Å². The SMILES string of the molecule is C=CCNC1=C2C[C@@H](C)C[C@H](OC)[C@H](O)[C@@H](C)/C=C(\C)[C@H](OC(N)=O)[C@@H](OC)/C=C\C=C(/C)C(=O)NC(=CC1=O)C2=O.Cc1cn(-c2cc(NC(=O)c3ccc(C)c(Nc4nccc(-c5cccnc5)n4)c3)cc(C(F)(F)F)c2)cn1. The summed E-state index contributed by atoms with van der Waals surface area (Å²) < 4.78 is 58.8. The number of carbonyl (C=O) groups is 5. The molecule has 0 fully saturated rings. The van der Waals surface area contributed by atoms with Crippen LogP contribution in [-0.4, -0.2) is 104 Å². The number of methoxy groups -OCH3 is 2. The molecule has 0 radical (unpaired) electrons. The van der Waals surface area contributed by atoms with E-state index in [1.807, 2.05) is 19.9 Å². The molecule has 2 aromatic carbocycles. The van der Waals surface area contributed by atoms with Gasteiger partial charge < -0.3 is 50.9 Å². The van der Waals surface area contributed by atoms with Crippen LogP contribution in [0.15, 0.2) is 157 Å². The Labute approximate surface area is 467 Å². The number of aliphatic hydroxyl groups excluding tert-OH is 1. The van der Waals surface area contributed by atoms with Crippen LogP contribution >= 0.6 is 0 Å². The Hall–Kier alpha value is -8.86. The molecule has 7 N–H and O–H groups in total. The van der Waals surface area contributed by atoms with Gasteiger partial charge in [0.1, 0.15) is 6.10 Å². The topological polar surface area (TPSA) is 264 Å². The first-order valence-electron chi connectivity index (χ1n) is 25.6. The first-order chi connectivity index (χ1) is 38.5. The summed E-state index contributed by atoms with van der Waals surface area (Å²) in [6, 6.07) is 13.7. The van der Waals surface area contributed by atoms with Crippen LogP contribution in [0.2, 0.25) is 0 Å². The van der Waals surface area contributed by atoms with Gasteiger partial charge in [-0.1, -0.05) is 50.3 Å². The predicted octanol–water partition coefficient (Wildman–Crippen LogP) is 8.89. The summed E-state index contributed by atoms with van der Waals surface area (Å²) in [6.07, 6.45) is 8.72. The summed E-state index contributed by atoms with van der Waals surface area (Å²) in [5, 5.41) is 22.5. The second kappa shape index (κ2) is 27.8. The smallest absolute Gasteiger partial charge is 0.416 e.